The number of amides is 1. The zero-order chi connectivity index (χ0) is 21.4. The second-order valence-electron chi connectivity index (χ2n) is 7.81. The van der Waals surface area contributed by atoms with Crippen LogP contribution in [0.5, 0.6) is 0 Å². The van der Waals surface area contributed by atoms with Crippen LogP contribution in [0.15, 0.2) is 65.3 Å². The van der Waals surface area contributed by atoms with Gasteiger partial charge >= 0.3 is 0 Å². The fourth-order valence-corrected chi connectivity index (χ4v) is 4.01. The molecule has 0 bridgehead atoms. The molecule has 4 aromatic rings. The number of aromatic nitrogens is 4. The molecule has 1 saturated heterocycles. The fourth-order valence-electron chi connectivity index (χ4n) is 4.01. The lowest BCUT2D eigenvalue weighted by atomic mass is 10.1. The maximum absolute atomic E-state index is 12.6. The first-order chi connectivity index (χ1) is 15.1. The number of benzene rings is 2. The van der Waals surface area contributed by atoms with E-state index in [1.165, 1.54) is 0 Å². The van der Waals surface area contributed by atoms with E-state index in [1.807, 2.05) is 66.2 Å². The van der Waals surface area contributed by atoms with Crippen LogP contribution in [0.3, 0.4) is 0 Å². The molecule has 1 amide bonds. The number of rotatable bonds is 5. The molecule has 0 spiro atoms. The Labute approximate surface area is 180 Å². The van der Waals surface area contributed by atoms with Crippen molar-refractivity contribution < 1.29 is 9.32 Å². The zero-order valence-corrected chi connectivity index (χ0v) is 17.5. The van der Waals surface area contributed by atoms with Crippen LogP contribution in [0.4, 0.5) is 5.69 Å². The quantitative estimate of drug-likeness (QED) is 0.483. The molecule has 3 heterocycles. The molecule has 1 aliphatic heterocycles. The number of hydrogen-bond acceptors (Lipinski definition) is 5. The van der Waals surface area contributed by atoms with Gasteiger partial charge in [-0.2, -0.15) is 10.1 Å². The van der Waals surface area contributed by atoms with E-state index >= 15 is 0 Å². The van der Waals surface area contributed by atoms with Crippen molar-refractivity contribution >= 4 is 11.6 Å². The summed E-state index contributed by atoms with van der Waals surface area (Å²) in [5, 5.41) is 8.54. The van der Waals surface area contributed by atoms with Gasteiger partial charge in [-0.25, -0.2) is 0 Å². The molecular weight excluding hydrogens is 390 g/mol. The summed E-state index contributed by atoms with van der Waals surface area (Å²) >= 11 is 0. The molecule has 7 nitrogen and oxygen atoms in total. The normalized spacial score (nSPS) is 16.3. The van der Waals surface area contributed by atoms with Crippen molar-refractivity contribution in [1.82, 2.24) is 19.9 Å². The summed E-state index contributed by atoms with van der Waals surface area (Å²) in [4.78, 5) is 19.0. The van der Waals surface area contributed by atoms with Crippen LogP contribution in [0.25, 0.3) is 22.6 Å². The average Bonchev–Trinajstić information content (AvgIpc) is 3.54. The van der Waals surface area contributed by atoms with E-state index in [9.17, 15) is 4.79 Å². The Morgan fingerprint density at radius 1 is 1.10 bits per heavy atom. The Bertz CT molecular complexity index is 1220. The number of carbonyl (C=O) groups is 1. The van der Waals surface area contributed by atoms with Crippen molar-refractivity contribution in [1.29, 1.82) is 0 Å². The Kier molecular flexibility index (Phi) is 4.86. The molecule has 156 valence electrons. The lowest BCUT2D eigenvalue weighted by Gasteiger charge is -2.16. The summed E-state index contributed by atoms with van der Waals surface area (Å²) in [5.74, 6) is 0.991. The van der Waals surface area contributed by atoms with Crippen molar-refractivity contribution in [2.75, 3.05) is 11.4 Å². The van der Waals surface area contributed by atoms with E-state index in [2.05, 4.69) is 22.2 Å². The second-order valence-corrected chi connectivity index (χ2v) is 7.81. The van der Waals surface area contributed by atoms with Crippen molar-refractivity contribution in [2.24, 2.45) is 0 Å². The fraction of sp³-hybridized carbons (Fsp3) is 0.250. The van der Waals surface area contributed by atoms with E-state index in [4.69, 9.17) is 4.52 Å². The Morgan fingerprint density at radius 3 is 2.71 bits per heavy atom. The van der Waals surface area contributed by atoms with Crippen molar-refractivity contribution in [3.8, 4) is 22.6 Å². The number of carbonyl (C=O) groups excluding carboxylic acids is 1. The smallest absolute Gasteiger partial charge is 0.232 e. The van der Waals surface area contributed by atoms with Gasteiger partial charge in [0.1, 0.15) is 0 Å². The zero-order valence-electron chi connectivity index (χ0n) is 17.5. The highest BCUT2D eigenvalue weighted by atomic mass is 16.5. The average molecular weight is 413 g/mol. The highest BCUT2D eigenvalue weighted by Gasteiger charge is 2.35. The molecule has 0 aliphatic carbocycles. The van der Waals surface area contributed by atoms with Gasteiger partial charge in [-0.05, 0) is 38.1 Å². The minimum atomic E-state index is -0.111. The van der Waals surface area contributed by atoms with Gasteiger partial charge < -0.3 is 9.42 Å². The highest BCUT2D eigenvalue weighted by Crippen LogP contribution is 2.32. The van der Waals surface area contributed by atoms with E-state index < -0.39 is 0 Å². The van der Waals surface area contributed by atoms with Gasteiger partial charge in [0.05, 0.1) is 11.6 Å². The summed E-state index contributed by atoms with van der Waals surface area (Å²) in [6, 6.07) is 18.0. The molecule has 0 unspecified atom stereocenters. The minimum Gasteiger partial charge on any atom is -0.339 e. The molecule has 1 atom stereocenters. The number of hydrogen-bond donors (Lipinski definition) is 0. The maximum atomic E-state index is 12.6. The largest absolute Gasteiger partial charge is 0.339 e. The molecule has 7 heteroatoms. The van der Waals surface area contributed by atoms with Crippen LogP contribution in [0, 0.1) is 6.92 Å². The molecule has 0 saturated carbocycles. The molecule has 0 radical (unpaired) electrons. The van der Waals surface area contributed by atoms with Gasteiger partial charge in [0, 0.05) is 42.5 Å². The molecule has 2 aromatic heterocycles. The molecule has 2 aromatic carbocycles. The third-order valence-electron chi connectivity index (χ3n) is 5.69. The molecule has 1 aliphatic rings. The summed E-state index contributed by atoms with van der Waals surface area (Å²) in [6.07, 6.45) is 2.17. The highest BCUT2D eigenvalue weighted by molar-refractivity contribution is 5.96. The van der Waals surface area contributed by atoms with Crippen molar-refractivity contribution in [2.45, 2.75) is 32.7 Å². The van der Waals surface area contributed by atoms with E-state index in [1.54, 1.807) is 11.1 Å². The number of anilines is 1. The van der Waals surface area contributed by atoms with Crippen LogP contribution in [-0.4, -0.2) is 32.4 Å². The summed E-state index contributed by atoms with van der Waals surface area (Å²) in [7, 11) is 0. The number of aryl methyl sites for hydroxylation is 2. The van der Waals surface area contributed by atoms with Gasteiger partial charge in [0.15, 0.2) is 0 Å². The van der Waals surface area contributed by atoms with Crippen molar-refractivity contribution in [3.63, 3.8) is 0 Å². The first-order valence-electron chi connectivity index (χ1n) is 10.5. The SMILES string of the molecule is CCn1nccc1-c1cccc(-c2noc([C@H]3CC(=O)N(c4ccc(C)cc4)C3)n2)c1. The first kappa shape index (κ1) is 19.2. The third kappa shape index (κ3) is 3.63. The molecular formula is C24H23N5O2. The van der Waals surface area contributed by atoms with Gasteiger partial charge in [-0.15, -0.1) is 0 Å². The van der Waals surface area contributed by atoms with Gasteiger partial charge in [0.2, 0.25) is 17.6 Å². The Hall–Kier alpha value is -3.74. The van der Waals surface area contributed by atoms with Crippen LogP contribution in [0.1, 0.15) is 30.7 Å². The first-order valence-corrected chi connectivity index (χ1v) is 10.5. The predicted molar refractivity (Wildman–Crippen MR) is 118 cm³/mol. The summed E-state index contributed by atoms with van der Waals surface area (Å²) in [6.45, 7) is 5.43. The molecule has 31 heavy (non-hydrogen) atoms. The summed E-state index contributed by atoms with van der Waals surface area (Å²) < 4.78 is 7.52. The Balaban J connectivity index is 1.38. The lowest BCUT2D eigenvalue weighted by Crippen LogP contribution is -2.24. The topological polar surface area (TPSA) is 77.0 Å². The third-order valence-corrected chi connectivity index (χ3v) is 5.69. The second kappa shape index (κ2) is 7.83. The van der Waals surface area contributed by atoms with Crippen LogP contribution >= 0.6 is 0 Å². The van der Waals surface area contributed by atoms with E-state index in [0.29, 0.717) is 24.7 Å². The monoisotopic (exact) mass is 413 g/mol. The van der Waals surface area contributed by atoms with Crippen molar-refractivity contribution in [3.05, 3.63) is 72.2 Å². The van der Waals surface area contributed by atoms with Gasteiger partial charge in [0.25, 0.3) is 0 Å². The van der Waals surface area contributed by atoms with E-state index in [-0.39, 0.29) is 11.8 Å². The summed E-state index contributed by atoms with van der Waals surface area (Å²) in [5.41, 5.74) is 5.03. The predicted octanol–water partition coefficient (Wildman–Crippen LogP) is 4.45. The number of nitrogens with zero attached hydrogens (tertiary/aromatic N) is 5. The van der Waals surface area contributed by atoms with Crippen LogP contribution in [-0.2, 0) is 11.3 Å². The van der Waals surface area contributed by atoms with E-state index in [0.717, 1.165) is 34.6 Å². The molecule has 0 N–H and O–H groups in total. The van der Waals surface area contributed by atoms with Crippen LogP contribution < -0.4 is 4.90 Å². The molecule has 1 fully saturated rings. The Morgan fingerprint density at radius 2 is 1.90 bits per heavy atom. The molecule has 5 rings (SSSR count). The maximum Gasteiger partial charge on any atom is 0.232 e. The minimum absolute atomic E-state index is 0.0726. The van der Waals surface area contributed by atoms with Crippen LogP contribution in [0.2, 0.25) is 0 Å². The lowest BCUT2D eigenvalue weighted by molar-refractivity contribution is -0.117. The van der Waals surface area contributed by atoms with Gasteiger partial charge in [-0.3, -0.25) is 9.48 Å². The van der Waals surface area contributed by atoms with Gasteiger partial charge in [-0.1, -0.05) is 41.1 Å². The standard InChI is InChI=1S/C24H23N5O2/c1-3-29-21(11-12-25-29)17-5-4-6-18(13-17)23-26-24(31-27-23)19-14-22(30)28(15-19)20-9-7-16(2)8-10-20/h4-13,19H,3,14-15H2,1-2H3/t19-/m0/s1.